The number of aliphatic imine (C=N–C) groups is 2. The Hall–Kier alpha value is -1.45. The highest BCUT2D eigenvalue weighted by Crippen LogP contribution is 2.07. The molecule has 4 heteroatoms. The van der Waals surface area contributed by atoms with Gasteiger partial charge in [-0.15, -0.1) is 0 Å². The normalized spacial score (nSPS) is 27.2. The standard InChI is InChI=1S/C8H9N3O/c12-7-2-1-3-10-8(7)11-5-4-9-6-11/h1-3,6,8H,4-5H2. The lowest BCUT2D eigenvalue weighted by atomic mass is 10.2. The van der Waals surface area contributed by atoms with Crippen molar-refractivity contribution in [3.63, 3.8) is 0 Å². The molecule has 0 aliphatic carbocycles. The van der Waals surface area contributed by atoms with Crippen LogP contribution in [0.1, 0.15) is 0 Å². The molecule has 0 amide bonds. The summed E-state index contributed by atoms with van der Waals surface area (Å²) >= 11 is 0. The SMILES string of the molecule is O=C1C=CC=NC1N1C=NCC1. The molecule has 0 aromatic heterocycles. The molecule has 2 rings (SSSR count). The van der Waals surface area contributed by atoms with Crippen molar-refractivity contribution in [1.29, 1.82) is 0 Å². The summed E-state index contributed by atoms with van der Waals surface area (Å²) in [5, 5.41) is 0. The molecule has 1 atom stereocenters. The van der Waals surface area contributed by atoms with Gasteiger partial charge in [-0.05, 0) is 12.2 Å². The molecular formula is C8H9N3O. The second-order valence-corrected chi connectivity index (χ2v) is 2.69. The molecule has 4 nitrogen and oxygen atoms in total. The molecule has 62 valence electrons. The second kappa shape index (κ2) is 2.89. The first-order chi connectivity index (χ1) is 5.88. The number of rotatable bonds is 1. The summed E-state index contributed by atoms with van der Waals surface area (Å²) in [6, 6.07) is 0. The number of carbonyl (C=O) groups excluding carboxylic acids is 1. The third-order valence-corrected chi connectivity index (χ3v) is 1.86. The topological polar surface area (TPSA) is 45.0 Å². The molecule has 2 aliphatic heterocycles. The van der Waals surface area contributed by atoms with Crippen LogP contribution in [-0.2, 0) is 4.79 Å². The van der Waals surface area contributed by atoms with Crippen molar-refractivity contribution in [3.8, 4) is 0 Å². The van der Waals surface area contributed by atoms with Gasteiger partial charge in [0.05, 0.1) is 12.9 Å². The Morgan fingerprint density at radius 2 is 2.50 bits per heavy atom. The van der Waals surface area contributed by atoms with Gasteiger partial charge in [0.25, 0.3) is 0 Å². The van der Waals surface area contributed by atoms with Crippen LogP contribution in [0.3, 0.4) is 0 Å². The third-order valence-electron chi connectivity index (χ3n) is 1.86. The Morgan fingerprint density at radius 1 is 1.58 bits per heavy atom. The van der Waals surface area contributed by atoms with Gasteiger partial charge in [-0.1, -0.05) is 0 Å². The zero-order chi connectivity index (χ0) is 8.39. The second-order valence-electron chi connectivity index (χ2n) is 2.69. The minimum atomic E-state index is -0.360. The zero-order valence-corrected chi connectivity index (χ0v) is 6.55. The summed E-state index contributed by atoms with van der Waals surface area (Å²) in [7, 11) is 0. The number of ketones is 1. The molecular weight excluding hydrogens is 154 g/mol. The largest absolute Gasteiger partial charge is 0.333 e. The molecule has 0 aromatic rings. The summed E-state index contributed by atoms with van der Waals surface area (Å²) in [5.41, 5.74) is 0. The fraction of sp³-hybridized carbons (Fsp3) is 0.375. The van der Waals surface area contributed by atoms with Crippen molar-refractivity contribution >= 4 is 18.3 Å². The lowest BCUT2D eigenvalue weighted by Gasteiger charge is -2.21. The van der Waals surface area contributed by atoms with Crippen LogP contribution in [0.25, 0.3) is 0 Å². The fourth-order valence-electron chi connectivity index (χ4n) is 1.26. The van der Waals surface area contributed by atoms with E-state index in [2.05, 4.69) is 9.98 Å². The van der Waals surface area contributed by atoms with Crippen molar-refractivity contribution in [2.75, 3.05) is 13.1 Å². The quantitative estimate of drug-likeness (QED) is 0.540. The van der Waals surface area contributed by atoms with Crippen LogP contribution in [0.5, 0.6) is 0 Å². The monoisotopic (exact) mass is 163 g/mol. The number of allylic oxidation sites excluding steroid dienone is 1. The average Bonchev–Trinajstić information content (AvgIpc) is 2.57. The highest BCUT2D eigenvalue weighted by Gasteiger charge is 2.23. The van der Waals surface area contributed by atoms with Crippen LogP contribution < -0.4 is 0 Å². The molecule has 2 aliphatic rings. The summed E-state index contributed by atoms with van der Waals surface area (Å²) < 4.78 is 0. The number of dihydropyridines is 1. The minimum absolute atomic E-state index is 0.0332. The maximum Gasteiger partial charge on any atom is 0.200 e. The van der Waals surface area contributed by atoms with E-state index in [1.54, 1.807) is 24.7 Å². The van der Waals surface area contributed by atoms with Gasteiger partial charge in [0.15, 0.2) is 11.9 Å². The van der Waals surface area contributed by atoms with Crippen LogP contribution in [-0.4, -0.2) is 42.5 Å². The van der Waals surface area contributed by atoms with Crippen molar-refractivity contribution in [2.45, 2.75) is 6.17 Å². The van der Waals surface area contributed by atoms with E-state index in [4.69, 9.17) is 0 Å². The molecule has 2 heterocycles. The van der Waals surface area contributed by atoms with Gasteiger partial charge in [0.1, 0.15) is 0 Å². The van der Waals surface area contributed by atoms with Crippen molar-refractivity contribution < 1.29 is 4.79 Å². The Balaban J connectivity index is 2.12. The predicted molar refractivity (Wildman–Crippen MR) is 46.5 cm³/mol. The van der Waals surface area contributed by atoms with E-state index >= 15 is 0 Å². The molecule has 0 fully saturated rings. The number of hydrogen-bond donors (Lipinski definition) is 0. The van der Waals surface area contributed by atoms with E-state index in [-0.39, 0.29) is 11.9 Å². The predicted octanol–water partition coefficient (Wildman–Crippen LogP) is -0.134. The van der Waals surface area contributed by atoms with E-state index in [0.29, 0.717) is 0 Å². The van der Waals surface area contributed by atoms with Gasteiger partial charge in [-0.3, -0.25) is 14.8 Å². The molecule has 0 spiro atoms. The van der Waals surface area contributed by atoms with Crippen LogP contribution in [0, 0.1) is 0 Å². The number of carbonyl (C=O) groups is 1. The Kier molecular flexibility index (Phi) is 1.74. The average molecular weight is 163 g/mol. The highest BCUT2D eigenvalue weighted by atomic mass is 16.1. The Labute approximate surface area is 70.3 Å². The summed E-state index contributed by atoms with van der Waals surface area (Å²) in [6.45, 7) is 1.56. The smallest absolute Gasteiger partial charge is 0.200 e. The van der Waals surface area contributed by atoms with Gasteiger partial charge >= 0.3 is 0 Å². The summed E-state index contributed by atoms with van der Waals surface area (Å²) in [4.78, 5) is 21.2. The molecule has 0 bridgehead atoms. The van der Waals surface area contributed by atoms with Crippen LogP contribution in [0.15, 0.2) is 22.1 Å². The van der Waals surface area contributed by atoms with E-state index in [0.717, 1.165) is 13.1 Å². The molecule has 12 heavy (non-hydrogen) atoms. The van der Waals surface area contributed by atoms with Crippen LogP contribution >= 0.6 is 0 Å². The van der Waals surface area contributed by atoms with E-state index in [9.17, 15) is 4.79 Å². The minimum Gasteiger partial charge on any atom is -0.333 e. The van der Waals surface area contributed by atoms with Gasteiger partial charge in [-0.25, -0.2) is 0 Å². The van der Waals surface area contributed by atoms with Gasteiger partial charge in [0.2, 0.25) is 0 Å². The molecule has 0 saturated carbocycles. The van der Waals surface area contributed by atoms with Crippen LogP contribution in [0.4, 0.5) is 0 Å². The van der Waals surface area contributed by atoms with Crippen molar-refractivity contribution in [1.82, 2.24) is 4.90 Å². The third kappa shape index (κ3) is 1.15. The molecule has 0 aromatic carbocycles. The molecule has 0 saturated heterocycles. The Morgan fingerprint density at radius 3 is 3.17 bits per heavy atom. The zero-order valence-electron chi connectivity index (χ0n) is 6.55. The van der Waals surface area contributed by atoms with Crippen molar-refractivity contribution in [2.24, 2.45) is 9.98 Å². The van der Waals surface area contributed by atoms with E-state index < -0.39 is 0 Å². The maximum absolute atomic E-state index is 11.3. The first kappa shape index (κ1) is 7.21. The Bertz CT molecular complexity index is 280. The number of hydrogen-bond acceptors (Lipinski definition) is 4. The van der Waals surface area contributed by atoms with E-state index in [1.165, 1.54) is 0 Å². The first-order valence-electron chi connectivity index (χ1n) is 3.87. The van der Waals surface area contributed by atoms with Gasteiger partial charge < -0.3 is 4.90 Å². The number of nitrogens with zero attached hydrogens (tertiary/aromatic N) is 3. The van der Waals surface area contributed by atoms with Crippen LogP contribution in [0.2, 0.25) is 0 Å². The fourth-order valence-corrected chi connectivity index (χ4v) is 1.26. The molecule has 1 unspecified atom stereocenters. The van der Waals surface area contributed by atoms with E-state index in [1.807, 2.05) is 4.90 Å². The first-order valence-corrected chi connectivity index (χ1v) is 3.87. The van der Waals surface area contributed by atoms with Gasteiger partial charge in [0, 0.05) is 12.8 Å². The summed E-state index contributed by atoms with van der Waals surface area (Å²) in [6.07, 6.45) is 6.19. The molecule has 0 N–H and O–H groups in total. The highest BCUT2D eigenvalue weighted by molar-refractivity contribution is 6.01. The summed E-state index contributed by atoms with van der Waals surface area (Å²) in [5.74, 6) is 0.0332. The maximum atomic E-state index is 11.3. The lowest BCUT2D eigenvalue weighted by Crippen LogP contribution is -2.38. The molecule has 0 radical (unpaired) electrons. The van der Waals surface area contributed by atoms with Gasteiger partial charge in [-0.2, -0.15) is 0 Å². The lowest BCUT2D eigenvalue weighted by molar-refractivity contribution is -0.118. The van der Waals surface area contributed by atoms with Crippen molar-refractivity contribution in [3.05, 3.63) is 12.2 Å².